The summed E-state index contributed by atoms with van der Waals surface area (Å²) in [7, 11) is -5.81. The molecule has 2 aromatic carbocycles. The Morgan fingerprint density at radius 3 is 2.19 bits per heavy atom. The van der Waals surface area contributed by atoms with Gasteiger partial charge in [0.05, 0.1) is 6.10 Å². The maximum absolute atomic E-state index is 13.0. The summed E-state index contributed by atoms with van der Waals surface area (Å²) in [6.07, 6.45) is 1.81. The van der Waals surface area contributed by atoms with Gasteiger partial charge in [-0.25, -0.2) is 17.5 Å². The van der Waals surface area contributed by atoms with E-state index in [0.717, 1.165) is 22.7 Å². The van der Waals surface area contributed by atoms with E-state index in [1.165, 1.54) is 50.5 Å². The van der Waals surface area contributed by atoms with Gasteiger partial charge in [-0.1, -0.05) is 24.3 Å². The minimum Gasteiger partial charge on any atom is -0.379 e. The highest BCUT2D eigenvalue weighted by Crippen LogP contribution is 2.26. The van der Waals surface area contributed by atoms with Gasteiger partial charge < -0.3 is 19.1 Å². The maximum atomic E-state index is 13.0. The van der Waals surface area contributed by atoms with E-state index in [4.69, 9.17) is 8.92 Å². The molecular formula is C25H35N3O7S2. The van der Waals surface area contributed by atoms with Crippen LogP contribution in [0.2, 0.25) is 0 Å². The number of sulfonamides is 1. The van der Waals surface area contributed by atoms with E-state index in [1.54, 1.807) is 17.0 Å². The molecule has 1 N–H and O–H groups in total. The van der Waals surface area contributed by atoms with Crippen LogP contribution in [0, 0.1) is 0 Å². The summed E-state index contributed by atoms with van der Waals surface area (Å²) in [5.74, 6) is 0.0191. The zero-order chi connectivity index (χ0) is 27.4. The smallest absolute Gasteiger partial charge is 0.340 e. The number of rotatable bonds is 9. The molecule has 1 heterocycles. The molecule has 1 aliphatic rings. The molecule has 0 bridgehead atoms. The maximum Gasteiger partial charge on any atom is 0.340 e. The lowest BCUT2D eigenvalue weighted by Gasteiger charge is -2.30. The third kappa shape index (κ3) is 7.67. The number of carbonyl (C=O) groups excluding carboxylic acids is 1. The fraction of sp³-hybridized carbons (Fsp3) is 0.480. The Kier molecular flexibility index (Phi) is 8.89. The molecule has 1 atom stereocenters. The number of ether oxygens (including phenoxy) is 1. The van der Waals surface area contributed by atoms with Crippen molar-refractivity contribution in [3.8, 4) is 5.75 Å². The first-order valence-corrected chi connectivity index (χ1v) is 14.8. The monoisotopic (exact) mass is 553 g/mol. The van der Waals surface area contributed by atoms with Gasteiger partial charge in [-0.15, -0.1) is 0 Å². The fourth-order valence-corrected chi connectivity index (χ4v) is 6.36. The number of nitrogens with one attached hydrogen (secondary N) is 1. The molecule has 10 nitrogen and oxygen atoms in total. The van der Waals surface area contributed by atoms with Gasteiger partial charge in [-0.05, 0) is 63.4 Å². The van der Waals surface area contributed by atoms with E-state index in [1.807, 2.05) is 20.8 Å². The van der Waals surface area contributed by atoms with Crippen LogP contribution in [-0.2, 0) is 31.4 Å². The number of hydrogen-bond acceptors (Lipinski definition) is 7. The summed E-state index contributed by atoms with van der Waals surface area (Å²) < 4.78 is 63.1. The normalized spacial score (nSPS) is 16.5. The Balaban J connectivity index is 1.78. The van der Waals surface area contributed by atoms with Gasteiger partial charge >= 0.3 is 16.1 Å². The quantitative estimate of drug-likeness (QED) is 0.473. The Labute approximate surface area is 219 Å². The van der Waals surface area contributed by atoms with E-state index in [0.29, 0.717) is 19.7 Å². The van der Waals surface area contributed by atoms with Gasteiger partial charge in [0.2, 0.25) is 10.0 Å². The lowest BCUT2D eigenvalue weighted by molar-refractivity contribution is 0.0782. The van der Waals surface area contributed by atoms with Crippen LogP contribution in [0.15, 0.2) is 58.3 Å². The van der Waals surface area contributed by atoms with Crippen molar-refractivity contribution in [2.24, 2.45) is 0 Å². The molecule has 2 aromatic rings. The highest BCUT2D eigenvalue weighted by Gasteiger charge is 2.29. The largest absolute Gasteiger partial charge is 0.379 e. The van der Waals surface area contributed by atoms with Crippen molar-refractivity contribution in [3.63, 3.8) is 0 Å². The zero-order valence-corrected chi connectivity index (χ0v) is 23.4. The van der Waals surface area contributed by atoms with E-state index < -0.39 is 30.6 Å². The first-order valence-electron chi connectivity index (χ1n) is 11.9. The van der Waals surface area contributed by atoms with Crippen LogP contribution in [0.1, 0.15) is 39.2 Å². The number of urea groups is 1. The number of hydrogen-bond donors (Lipinski definition) is 1. The number of amides is 2. The van der Waals surface area contributed by atoms with Gasteiger partial charge in [-0.2, -0.15) is 8.42 Å². The van der Waals surface area contributed by atoms with Crippen molar-refractivity contribution < 1.29 is 30.6 Å². The highest BCUT2D eigenvalue weighted by atomic mass is 32.2. The summed E-state index contributed by atoms with van der Waals surface area (Å²) in [6.45, 7) is 7.13. The first kappa shape index (κ1) is 28.9. The molecule has 0 unspecified atom stereocenters. The second kappa shape index (κ2) is 11.4. The van der Waals surface area contributed by atoms with E-state index >= 15 is 0 Å². The Morgan fingerprint density at radius 1 is 1.03 bits per heavy atom. The fourth-order valence-electron chi connectivity index (χ4n) is 3.76. The molecule has 204 valence electrons. The van der Waals surface area contributed by atoms with Crippen LogP contribution in [0.25, 0.3) is 0 Å². The van der Waals surface area contributed by atoms with Gasteiger partial charge in [0.25, 0.3) is 0 Å². The average Bonchev–Trinajstić information content (AvgIpc) is 3.31. The summed E-state index contributed by atoms with van der Waals surface area (Å²) >= 11 is 0. The van der Waals surface area contributed by atoms with E-state index in [-0.39, 0.29) is 22.8 Å². The zero-order valence-electron chi connectivity index (χ0n) is 21.8. The van der Waals surface area contributed by atoms with Gasteiger partial charge in [0.15, 0.2) is 0 Å². The third-order valence-corrected chi connectivity index (χ3v) is 8.91. The molecule has 3 rings (SSSR count). The van der Waals surface area contributed by atoms with Crippen molar-refractivity contribution in [3.05, 3.63) is 54.1 Å². The lowest BCUT2D eigenvalue weighted by Crippen LogP contribution is -2.50. The van der Waals surface area contributed by atoms with Crippen molar-refractivity contribution in [1.29, 1.82) is 0 Å². The molecule has 0 saturated carbocycles. The van der Waals surface area contributed by atoms with Gasteiger partial charge in [-0.3, -0.25) is 0 Å². The van der Waals surface area contributed by atoms with Crippen molar-refractivity contribution in [2.45, 2.75) is 61.6 Å². The SMILES string of the molecule is CN(C)S(=O)(=O)c1ccccc1S(=O)(=O)Oc1ccc(CN(C[C@H]2CCCO2)C(=O)NC(C)(C)C)cc1. The number of benzene rings is 2. The Morgan fingerprint density at radius 2 is 1.65 bits per heavy atom. The van der Waals surface area contributed by atoms with Crippen LogP contribution in [-0.4, -0.2) is 71.0 Å². The van der Waals surface area contributed by atoms with Crippen molar-refractivity contribution >= 4 is 26.2 Å². The van der Waals surface area contributed by atoms with Crippen LogP contribution < -0.4 is 9.50 Å². The predicted octanol–water partition coefficient (Wildman–Crippen LogP) is 3.19. The third-order valence-electron chi connectivity index (χ3n) is 5.60. The van der Waals surface area contributed by atoms with Crippen molar-refractivity contribution in [2.75, 3.05) is 27.2 Å². The van der Waals surface area contributed by atoms with Crippen LogP contribution in [0.3, 0.4) is 0 Å². The van der Waals surface area contributed by atoms with E-state index in [2.05, 4.69) is 5.32 Å². The van der Waals surface area contributed by atoms with Crippen LogP contribution in [0.4, 0.5) is 4.79 Å². The number of nitrogens with zero attached hydrogens (tertiary/aromatic N) is 2. The first-order chi connectivity index (χ1) is 17.2. The molecule has 2 amide bonds. The average molecular weight is 554 g/mol. The lowest BCUT2D eigenvalue weighted by atomic mass is 10.1. The van der Waals surface area contributed by atoms with Crippen molar-refractivity contribution in [1.82, 2.24) is 14.5 Å². The molecule has 1 saturated heterocycles. The van der Waals surface area contributed by atoms with Gasteiger partial charge in [0, 0.05) is 39.3 Å². The molecule has 0 aromatic heterocycles. The summed E-state index contributed by atoms with van der Waals surface area (Å²) in [6, 6.07) is 11.4. The summed E-state index contributed by atoms with van der Waals surface area (Å²) in [5.41, 5.74) is 0.358. The summed E-state index contributed by atoms with van der Waals surface area (Å²) in [4.78, 5) is 13.8. The number of carbonyl (C=O) groups is 1. The molecule has 0 spiro atoms. The topological polar surface area (TPSA) is 122 Å². The molecular weight excluding hydrogens is 518 g/mol. The Bertz CT molecular complexity index is 1300. The van der Waals surface area contributed by atoms with Crippen LogP contribution >= 0.6 is 0 Å². The Hall–Kier alpha value is -2.67. The molecule has 12 heteroatoms. The standard InChI is InChI=1S/C25H35N3O7S2/c1-25(2,3)26-24(29)28(18-21-9-8-16-34-21)17-19-12-14-20(15-13-19)35-37(32,33)23-11-7-6-10-22(23)36(30,31)27(4)5/h6-7,10-15,21H,8-9,16-18H2,1-5H3,(H,26,29)/t21-/m1/s1. The van der Waals surface area contributed by atoms with Crippen LogP contribution in [0.5, 0.6) is 5.75 Å². The molecule has 37 heavy (non-hydrogen) atoms. The van der Waals surface area contributed by atoms with E-state index in [9.17, 15) is 21.6 Å². The second-order valence-corrected chi connectivity index (χ2v) is 13.7. The molecule has 1 fully saturated rings. The van der Waals surface area contributed by atoms with Gasteiger partial charge in [0.1, 0.15) is 15.5 Å². The molecule has 0 aliphatic carbocycles. The molecule has 0 radical (unpaired) electrons. The molecule has 1 aliphatic heterocycles. The predicted molar refractivity (Wildman–Crippen MR) is 139 cm³/mol. The highest BCUT2D eigenvalue weighted by molar-refractivity contribution is 7.91. The second-order valence-electron chi connectivity index (χ2n) is 10.1. The minimum absolute atomic E-state index is 0.0191. The minimum atomic E-state index is -4.44. The summed E-state index contributed by atoms with van der Waals surface area (Å²) in [5, 5.41) is 2.97.